The average Bonchev–Trinajstić information content (AvgIpc) is 3.17. The van der Waals surface area contributed by atoms with Crippen molar-refractivity contribution in [3.05, 3.63) is 23.8 Å². The summed E-state index contributed by atoms with van der Waals surface area (Å²) in [7, 11) is 0. The highest BCUT2D eigenvalue weighted by Crippen LogP contribution is 2.42. The smallest absolute Gasteiger partial charge is 0.307 e. The second-order valence-corrected chi connectivity index (χ2v) is 4.51. The summed E-state index contributed by atoms with van der Waals surface area (Å²) in [6, 6.07) is 4.99. The molecule has 0 amide bonds. The maximum atomic E-state index is 12.0. The van der Waals surface area contributed by atoms with Crippen molar-refractivity contribution in [2.24, 2.45) is 11.8 Å². The average molecular weight is 248 g/mol. The molecule has 94 valence electrons. The Balaban J connectivity index is 1.81. The molecule has 1 N–H and O–H groups in total. The third-order valence-corrected chi connectivity index (χ3v) is 3.27. The Labute approximate surface area is 103 Å². The fraction of sp³-hybridized carbons (Fsp3) is 0.385. The van der Waals surface area contributed by atoms with Gasteiger partial charge in [-0.3, -0.25) is 9.59 Å². The number of ketones is 1. The van der Waals surface area contributed by atoms with E-state index in [0.717, 1.165) is 0 Å². The molecular weight excluding hydrogens is 236 g/mol. The molecule has 2 aliphatic rings. The van der Waals surface area contributed by atoms with E-state index in [9.17, 15) is 9.59 Å². The number of benzene rings is 1. The van der Waals surface area contributed by atoms with E-state index in [1.807, 2.05) is 0 Å². The fourth-order valence-corrected chi connectivity index (χ4v) is 2.17. The number of carboxylic acid groups (broad SMARTS) is 1. The Morgan fingerprint density at radius 3 is 2.50 bits per heavy atom. The summed E-state index contributed by atoms with van der Waals surface area (Å²) < 4.78 is 10.8. The number of carboxylic acids is 1. The Bertz CT molecular complexity index is 522. The van der Waals surface area contributed by atoms with Crippen molar-refractivity contribution >= 4 is 11.8 Å². The molecule has 1 aromatic carbocycles. The Morgan fingerprint density at radius 2 is 1.83 bits per heavy atom. The number of ether oxygens (including phenoxy) is 2. The van der Waals surface area contributed by atoms with Crippen molar-refractivity contribution < 1.29 is 24.2 Å². The van der Waals surface area contributed by atoms with Crippen molar-refractivity contribution in [3.63, 3.8) is 0 Å². The summed E-state index contributed by atoms with van der Waals surface area (Å²) in [5.74, 6) is -0.746. The molecule has 5 heteroatoms. The van der Waals surface area contributed by atoms with Gasteiger partial charge in [-0.25, -0.2) is 0 Å². The minimum absolute atomic E-state index is 0.126. The molecule has 1 aliphatic carbocycles. The summed E-state index contributed by atoms with van der Waals surface area (Å²) in [6.07, 6.45) is 0.433. The second kappa shape index (κ2) is 4.01. The summed E-state index contributed by atoms with van der Waals surface area (Å²) in [6.45, 7) is 0.968. The van der Waals surface area contributed by atoms with E-state index >= 15 is 0 Å². The van der Waals surface area contributed by atoms with Crippen LogP contribution in [0.2, 0.25) is 0 Å². The molecule has 0 spiro atoms. The van der Waals surface area contributed by atoms with Crippen LogP contribution in [0.1, 0.15) is 16.8 Å². The largest absolute Gasteiger partial charge is 0.486 e. The zero-order chi connectivity index (χ0) is 12.7. The van der Waals surface area contributed by atoms with Crippen molar-refractivity contribution in [2.75, 3.05) is 13.2 Å². The highest BCUT2D eigenvalue weighted by molar-refractivity contribution is 6.03. The first-order valence-electron chi connectivity index (χ1n) is 5.83. The van der Waals surface area contributed by atoms with Crippen LogP contribution in [-0.2, 0) is 4.79 Å². The van der Waals surface area contributed by atoms with Crippen LogP contribution in [0.25, 0.3) is 0 Å². The first-order chi connectivity index (χ1) is 8.66. The maximum Gasteiger partial charge on any atom is 0.307 e. The second-order valence-electron chi connectivity index (χ2n) is 4.51. The van der Waals surface area contributed by atoms with Crippen LogP contribution in [-0.4, -0.2) is 30.1 Å². The fourth-order valence-electron chi connectivity index (χ4n) is 2.17. The number of aliphatic carboxylic acids is 1. The minimum atomic E-state index is -0.897. The van der Waals surface area contributed by atoms with E-state index in [-0.39, 0.29) is 11.7 Å². The molecule has 0 radical (unpaired) electrons. The van der Waals surface area contributed by atoms with Gasteiger partial charge in [-0.2, -0.15) is 0 Å². The van der Waals surface area contributed by atoms with E-state index in [1.165, 1.54) is 0 Å². The van der Waals surface area contributed by atoms with Crippen LogP contribution in [0.3, 0.4) is 0 Å². The molecule has 0 bridgehead atoms. The normalized spacial score (nSPS) is 24.4. The first-order valence-corrected chi connectivity index (χ1v) is 5.83. The van der Waals surface area contributed by atoms with Crippen LogP contribution in [0.15, 0.2) is 18.2 Å². The van der Waals surface area contributed by atoms with Gasteiger partial charge in [0.1, 0.15) is 13.2 Å². The lowest BCUT2D eigenvalue weighted by Gasteiger charge is -2.18. The summed E-state index contributed by atoms with van der Waals surface area (Å²) >= 11 is 0. The van der Waals surface area contributed by atoms with E-state index in [4.69, 9.17) is 14.6 Å². The van der Waals surface area contributed by atoms with E-state index in [0.29, 0.717) is 36.7 Å². The number of hydrogen-bond donors (Lipinski definition) is 1. The van der Waals surface area contributed by atoms with Crippen molar-refractivity contribution in [2.45, 2.75) is 6.42 Å². The van der Waals surface area contributed by atoms with Crippen LogP contribution in [0.5, 0.6) is 11.5 Å². The Hall–Kier alpha value is -2.04. The van der Waals surface area contributed by atoms with Gasteiger partial charge in [0, 0.05) is 11.5 Å². The predicted octanol–water partition coefficient (Wildman–Crippen LogP) is 1.36. The third-order valence-electron chi connectivity index (χ3n) is 3.27. The van der Waals surface area contributed by atoms with Gasteiger partial charge < -0.3 is 14.6 Å². The van der Waals surface area contributed by atoms with E-state index < -0.39 is 11.9 Å². The Kier molecular flexibility index (Phi) is 2.47. The molecule has 5 nitrogen and oxygen atoms in total. The number of Topliss-reactive ketones (excluding diaryl/α,β-unsaturated/α-hetero) is 1. The summed E-state index contributed by atoms with van der Waals surface area (Å²) in [5, 5.41) is 8.81. The number of rotatable bonds is 3. The minimum Gasteiger partial charge on any atom is -0.486 e. The van der Waals surface area contributed by atoms with Crippen LogP contribution >= 0.6 is 0 Å². The molecule has 18 heavy (non-hydrogen) atoms. The lowest BCUT2D eigenvalue weighted by molar-refractivity contribution is -0.138. The van der Waals surface area contributed by atoms with E-state index in [2.05, 4.69) is 0 Å². The van der Waals surface area contributed by atoms with Crippen LogP contribution in [0.4, 0.5) is 0 Å². The number of carbonyl (C=O) groups excluding carboxylic acids is 1. The SMILES string of the molecule is O=C(O)[C@H]1C[C@@H]1C(=O)c1ccc2c(c1)OCCO2. The number of carbonyl (C=O) groups is 2. The quantitative estimate of drug-likeness (QED) is 0.818. The van der Waals surface area contributed by atoms with E-state index in [1.54, 1.807) is 18.2 Å². The monoisotopic (exact) mass is 248 g/mol. The van der Waals surface area contributed by atoms with Gasteiger partial charge in [-0.15, -0.1) is 0 Å². The van der Waals surface area contributed by atoms with Crippen LogP contribution in [0, 0.1) is 11.8 Å². The molecule has 3 rings (SSSR count). The first kappa shape index (κ1) is 11.1. The summed E-state index contributed by atoms with van der Waals surface area (Å²) in [4.78, 5) is 22.8. The van der Waals surface area contributed by atoms with Gasteiger partial charge in [-0.05, 0) is 24.6 Å². The Morgan fingerprint density at radius 1 is 1.11 bits per heavy atom. The van der Waals surface area contributed by atoms with Gasteiger partial charge >= 0.3 is 5.97 Å². The molecule has 1 saturated carbocycles. The van der Waals surface area contributed by atoms with Crippen LogP contribution < -0.4 is 9.47 Å². The molecule has 2 atom stereocenters. The lowest BCUT2D eigenvalue weighted by atomic mass is 10.1. The molecule has 0 aromatic heterocycles. The van der Waals surface area contributed by atoms with Gasteiger partial charge in [-0.1, -0.05) is 0 Å². The molecule has 1 heterocycles. The zero-order valence-corrected chi connectivity index (χ0v) is 9.59. The predicted molar refractivity (Wildman–Crippen MR) is 61.0 cm³/mol. The van der Waals surface area contributed by atoms with Crippen molar-refractivity contribution in [1.82, 2.24) is 0 Å². The lowest BCUT2D eigenvalue weighted by Crippen LogP contribution is -2.16. The van der Waals surface area contributed by atoms with Gasteiger partial charge in [0.2, 0.25) is 0 Å². The van der Waals surface area contributed by atoms with Crippen molar-refractivity contribution in [3.8, 4) is 11.5 Å². The maximum absolute atomic E-state index is 12.0. The van der Waals surface area contributed by atoms with Crippen molar-refractivity contribution in [1.29, 1.82) is 0 Å². The molecule has 0 saturated heterocycles. The zero-order valence-electron chi connectivity index (χ0n) is 9.59. The number of fused-ring (bicyclic) bond motifs is 1. The summed E-state index contributed by atoms with van der Waals surface area (Å²) in [5.41, 5.74) is 0.494. The number of hydrogen-bond acceptors (Lipinski definition) is 4. The molecule has 0 unspecified atom stereocenters. The third kappa shape index (κ3) is 1.81. The topological polar surface area (TPSA) is 72.8 Å². The van der Waals surface area contributed by atoms with Gasteiger partial charge in [0.15, 0.2) is 17.3 Å². The van der Waals surface area contributed by atoms with Gasteiger partial charge in [0.05, 0.1) is 5.92 Å². The standard InChI is InChI=1S/C13H12O5/c14-12(8-6-9(8)13(15)16)7-1-2-10-11(5-7)18-4-3-17-10/h1-2,5,8-9H,3-4,6H2,(H,15,16)/t8-,9-/m0/s1. The van der Waals surface area contributed by atoms with Gasteiger partial charge in [0.25, 0.3) is 0 Å². The molecule has 1 aromatic rings. The molecular formula is C13H12O5. The highest BCUT2D eigenvalue weighted by atomic mass is 16.6. The molecule has 1 aliphatic heterocycles. The highest BCUT2D eigenvalue weighted by Gasteiger charge is 2.48. The molecule has 1 fully saturated rings.